The van der Waals surface area contributed by atoms with Crippen LogP contribution in [0.5, 0.6) is 0 Å². The van der Waals surface area contributed by atoms with Crippen LogP contribution in [0.25, 0.3) is 0 Å². The van der Waals surface area contributed by atoms with Crippen molar-refractivity contribution in [3.05, 3.63) is 0 Å². The Labute approximate surface area is 107 Å². The highest BCUT2D eigenvalue weighted by molar-refractivity contribution is 6.06. The van der Waals surface area contributed by atoms with Crippen LogP contribution in [0.15, 0.2) is 5.16 Å². The summed E-state index contributed by atoms with van der Waals surface area (Å²) >= 11 is 0. The van der Waals surface area contributed by atoms with Crippen LogP contribution in [-0.2, 0) is 9.53 Å². The number of nitrogens with one attached hydrogen (secondary N) is 1. The minimum absolute atomic E-state index is 0.0341. The molecule has 0 unspecified atom stereocenters. The Morgan fingerprint density at radius 1 is 1.50 bits per heavy atom. The van der Waals surface area contributed by atoms with Crippen LogP contribution in [0.4, 0.5) is 0 Å². The Kier molecular flexibility index (Phi) is 5.36. The second-order valence-electron chi connectivity index (χ2n) is 4.74. The first kappa shape index (κ1) is 14.7. The van der Waals surface area contributed by atoms with Gasteiger partial charge in [0.2, 0.25) is 5.91 Å². The maximum atomic E-state index is 12.2. The number of carbonyl (C=O) groups excluding carboxylic acids is 1. The molecule has 1 saturated heterocycles. The van der Waals surface area contributed by atoms with E-state index in [-0.39, 0.29) is 11.7 Å². The molecule has 0 bridgehead atoms. The highest BCUT2D eigenvalue weighted by Gasteiger charge is 2.44. The molecule has 7 nitrogen and oxygen atoms in total. The van der Waals surface area contributed by atoms with Crippen molar-refractivity contribution in [2.75, 3.05) is 40.4 Å². The molecule has 1 aliphatic rings. The maximum Gasteiger partial charge on any atom is 0.234 e. The number of rotatable bonds is 5. The van der Waals surface area contributed by atoms with Gasteiger partial charge in [0.05, 0.1) is 0 Å². The summed E-state index contributed by atoms with van der Waals surface area (Å²) in [6.07, 6.45) is 0.882. The van der Waals surface area contributed by atoms with E-state index in [4.69, 9.17) is 15.7 Å². The molecular formula is C11H22N4O3. The zero-order valence-corrected chi connectivity index (χ0v) is 11.0. The van der Waals surface area contributed by atoms with Gasteiger partial charge in [-0.15, -0.1) is 0 Å². The predicted octanol–water partition coefficient (Wildman–Crippen LogP) is -0.793. The molecule has 18 heavy (non-hydrogen) atoms. The lowest BCUT2D eigenvalue weighted by atomic mass is 9.78. The van der Waals surface area contributed by atoms with Crippen molar-refractivity contribution in [3.63, 3.8) is 0 Å². The summed E-state index contributed by atoms with van der Waals surface area (Å²) < 4.78 is 5.23. The Hall–Kier alpha value is -1.34. The number of nitrogens with zero attached hydrogens (tertiary/aromatic N) is 2. The van der Waals surface area contributed by atoms with Crippen molar-refractivity contribution < 1.29 is 14.7 Å². The molecule has 1 amide bonds. The second kappa shape index (κ2) is 6.55. The van der Waals surface area contributed by atoms with Crippen LogP contribution >= 0.6 is 0 Å². The predicted molar refractivity (Wildman–Crippen MR) is 67.5 cm³/mol. The molecule has 0 saturated carbocycles. The first-order chi connectivity index (χ1) is 8.53. The van der Waals surface area contributed by atoms with Crippen molar-refractivity contribution >= 4 is 11.7 Å². The second-order valence-corrected chi connectivity index (χ2v) is 4.74. The summed E-state index contributed by atoms with van der Waals surface area (Å²) in [6.45, 7) is 2.16. The number of nitrogens with two attached hydrogens (primary N) is 1. The van der Waals surface area contributed by atoms with Gasteiger partial charge < -0.3 is 25.9 Å². The average Bonchev–Trinajstić information content (AvgIpc) is 2.38. The fourth-order valence-corrected chi connectivity index (χ4v) is 1.98. The Morgan fingerprint density at radius 3 is 2.61 bits per heavy atom. The van der Waals surface area contributed by atoms with Gasteiger partial charge in [0.15, 0.2) is 5.84 Å². The number of amidine groups is 1. The van der Waals surface area contributed by atoms with Crippen LogP contribution in [0.2, 0.25) is 0 Å². The van der Waals surface area contributed by atoms with Crippen molar-refractivity contribution in [2.45, 2.75) is 12.8 Å². The van der Waals surface area contributed by atoms with Crippen LogP contribution in [0.1, 0.15) is 12.8 Å². The first-order valence-electron chi connectivity index (χ1n) is 6.02. The molecule has 4 N–H and O–H groups in total. The zero-order chi connectivity index (χ0) is 13.6. The van der Waals surface area contributed by atoms with Crippen LogP contribution < -0.4 is 11.1 Å². The molecule has 0 aromatic carbocycles. The number of hydrogen-bond acceptors (Lipinski definition) is 5. The third-order valence-electron chi connectivity index (χ3n) is 3.22. The van der Waals surface area contributed by atoms with Crippen molar-refractivity contribution in [1.29, 1.82) is 0 Å². The Balaban J connectivity index is 2.68. The van der Waals surface area contributed by atoms with E-state index < -0.39 is 5.41 Å². The number of ether oxygens (including phenoxy) is 1. The maximum absolute atomic E-state index is 12.2. The van der Waals surface area contributed by atoms with Crippen LogP contribution in [0.3, 0.4) is 0 Å². The van der Waals surface area contributed by atoms with Crippen LogP contribution in [-0.4, -0.2) is 62.2 Å². The molecule has 104 valence electrons. The van der Waals surface area contributed by atoms with Crippen molar-refractivity contribution in [2.24, 2.45) is 16.3 Å². The lowest BCUT2D eigenvalue weighted by Crippen LogP contribution is -2.53. The van der Waals surface area contributed by atoms with E-state index in [1.807, 2.05) is 19.0 Å². The van der Waals surface area contributed by atoms with E-state index in [1.54, 1.807) is 0 Å². The molecule has 1 fully saturated rings. The highest BCUT2D eigenvalue weighted by atomic mass is 16.5. The van der Waals surface area contributed by atoms with Gasteiger partial charge in [-0.1, -0.05) is 5.16 Å². The first-order valence-corrected chi connectivity index (χ1v) is 6.02. The van der Waals surface area contributed by atoms with Crippen LogP contribution in [0, 0.1) is 5.41 Å². The molecular weight excluding hydrogens is 236 g/mol. The van der Waals surface area contributed by atoms with Crippen molar-refractivity contribution in [1.82, 2.24) is 10.2 Å². The van der Waals surface area contributed by atoms with Gasteiger partial charge in [0.25, 0.3) is 0 Å². The third kappa shape index (κ3) is 3.33. The Morgan fingerprint density at radius 2 is 2.11 bits per heavy atom. The third-order valence-corrected chi connectivity index (χ3v) is 3.22. The van der Waals surface area contributed by atoms with E-state index in [2.05, 4.69) is 10.5 Å². The monoisotopic (exact) mass is 258 g/mol. The van der Waals surface area contributed by atoms with Gasteiger partial charge >= 0.3 is 0 Å². The molecule has 0 aromatic rings. The standard InChI is InChI=1S/C11H22N4O3/c1-15(2)6-5-13-10(16)11(9(12)14-17)3-7-18-8-4-11/h17H,3-8H2,1-2H3,(H2,12,14)(H,13,16). The zero-order valence-electron chi connectivity index (χ0n) is 11.0. The lowest BCUT2D eigenvalue weighted by Gasteiger charge is -2.34. The lowest BCUT2D eigenvalue weighted by molar-refractivity contribution is -0.131. The molecule has 1 aliphatic heterocycles. The topological polar surface area (TPSA) is 100 Å². The number of oxime groups is 1. The van der Waals surface area contributed by atoms with Crippen molar-refractivity contribution in [3.8, 4) is 0 Å². The molecule has 7 heteroatoms. The smallest absolute Gasteiger partial charge is 0.234 e. The van der Waals surface area contributed by atoms with E-state index in [0.717, 1.165) is 6.54 Å². The van der Waals surface area contributed by atoms with Gasteiger partial charge in [-0.2, -0.15) is 0 Å². The summed E-state index contributed by atoms with van der Waals surface area (Å²) in [6, 6.07) is 0. The fraction of sp³-hybridized carbons (Fsp3) is 0.818. The highest BCUT2D eigenvalue weighted by Crippen LogP contribution is 2.31. The van der Waals surface area contributed by atoms with E-state index in [0.29, 0.717) is 32.6 Å². The minimum Gasteiger partial charge on any atom is -0.409 e. The molecule has 1 rings (SSSR count). The molecule has 0 aromatic heterocycles. The SMILES string of the molecule is CN(C)CCNC(=O)C1(C(N)=NO)CCOCC1. The number of carbonyl (C=O) groups is 1. The fourth-order valence-electron chi connectivity index (χ4n) is 1.98. The number of likely N-dealkylation sites (N-methyl/N-ethyl adjacent to an activating group) is 1. The quantitative estimate of drug-likeness (QED) is 0.260. The van der Waals surface area contributed by atoms with E-state index >= 15 is 0 Å². The summed E-state index contributed by atoms with van der Waals surface area (Å²) in [5.41, 5.74) is 4.76. The summed E-state index contributed by atoms with van der Waals surface area (Å²) in [4.78, 5) is 14.2. The largest absolute Gasteiger partial charge is 0.409 e. The minimum atomic E-state index is -0.931. The van der Waals surface area contributed by atoms with E-state index in [1.165, 1.54) is 0 Å². The average molecular weight is 258 g/mol. The summed E-state index contributed by atoms with van der Waals surface area (Å²) in [7, 11) is 3.86. The molecule has 0 spiro atoms. The van der Waals surface area contributed by atoms with Gasteiger partial charge in [-0.3, -0.25) is 4.79 Å². The van der Waals surface area contributed by atoms with Gasteiger partial charge in [-0.25, -0.2) is 0 Å². The summed E-state index contributed by atoms with van der Waals surface area (Å²) in [5, 5.41) is 14.7. The van der Waals surface area contributed by atoms with Gasteiger partial charge in [0.1, 0.15) is 5.41 Å². The van der Waals surface area contributed by atoms with E-state index in [9.17, 15) is 4.79 Å². The molecule has 0 atom stereocenters. The molecule has 1 heterocycles. The number of hydrogen-bond donors (Lipinski definition) is 3. The molecule has 0 radical (unpaired) electrons. The number of amides is 1. The normalized spacial score (nSPS) is 19.8. The van der Waals surface area contributed by atoms with Gasteiger partial charge in [-0.05, 0) is 26.9 Å². The summed E-state index contributed by atoms with van der Waals surface area (Å²) in [5.74, 6) is -0.226. The van der Waals surface area contributed by atoms with Gasteiger partial charge in [0, 0.05) is 26.3 Å². The molecule has 0 aliphatic carbocycles. The Bertz CT molecular complexity index is 311.